The van der Waals surface area contributed by atoms with E-state index in [1.165, 1.54) is 116 Å². The van der Waals surface area contributed by atoms with Crippen LogP contribution in [0.25, 0.3) is 0 Å². The molecular weight excluding hydrogens is 632 g/mol. The second kappa shape index (κ2) is 36.7. The molecule has 0 saturated heterocycles. The van der Waals surface area contributed by atoms with E-state index < -0.39 is 42.6 Å². The van der Waals surface area contributed by atoms with Gasteiger partial charge < -0.3 is 18.9 Å². The van der Waals surface area contributed by atoms with Crippen LogP contribution in [0.4, 0.5) is 0 Å². The van der Waals surface area contributed by atoms with Gasteiger partial charge in [0.1, 0.15) is 6.10 Å². The molecule has 0 rings (SSSR count). The van der Waals surface area contributed by atoms with Crippen molar-refractivity contribution in [3.8, 4) is 0 Å². The summed E-state index contributed by atoms with van der Waals surface area (Å²) in [6.45, 7) is 8.13. The lowest BCUT2D eigenvalue weighted by Crippen LogP contribution is -2.34. The quantitative estimate of drug-likeness (QED) is 0.0270. The second-order valence-electron chi connectivity index (χ2n) is 14.3. The molecule has 0 saturated carbocycles. The van der Waals surface area contributed by atoms with Gasteiger partial charge in [-0.3, -0.25) is 9.59 Å². The van der Waals surface area contributed by atoms with Crippen LogP contribution >= 0.6 is 0 Å². The number of unbranched alkanes of at least 4 members (excludes halogenated alkanes) is 24. The van der Waals surface area contributed by atoms with E-state index >= 15 is 0 Å². The largest absolute Gasteiger partial charge is 0.464 e. The van der Waals surface area contributed by atoms with Crippen molar-refractivity contribution in [3.63, 3.8) is 0 Å². The van der Waals surface area contributed by atoms with E-state index in [-0.39, 0.29) is 0 Å². The average molecular weight is 711 g/mol. The third-order valence-electron chi connectivity index (χ3n) is 9.66. The SMILES string of the molecule is CCCCCCCCCCCCCCCCCCOC(=O)C(C)OC(=O)COC(=O)C(CCCCCCCCC)C(CCCCCC)OC=O. The molecule has 3 unspecified atom stereocenters. The summed E-state index contributed by atoms with van der Waals surface area (Å²) in [5.74, 6) is -2.63. The van der Waals surface area contributed by atoms with Gasteiger partial charge in [-0.15, -0.1) is 0 Å². The highest BCUT2D eigenvalue weighted by Crippen LogP contribution is 2.24. The van der Waals surface area contributed by atoms with Gasteiger partial charge in [0.25, 0.3) is 6.47 Å². The van der Waals surface area contributed by atoms with Crippen LogP contribution in [0, 0.1) is 5.92 Å². The van der Waals surface area contributed by atoms with Gasteiger partial charge in [-0.2, -0.15) is 0 Å². The number of ether oxygens (including phenoxy) is 4. The van der Waals surface area contributed by atoms with Gasteiger partial charge in [0.2, 0.25) is 0 Å². The lowest BCUT2D eigenvalue weighted by atomic mass is 9.91. The van der Waals surface area contributed by atoms with Gasteiger partial charge >= 0.3 is 17.9 Å². The van der Waals surface area contributed by atoms with Crippen molar-refractivity contribution < 1.29 is 38.1 Å². The Hall–Kier alpha value is -2.12. The van der Waals surface area contributed by atoms with Crippen molar-refractivity contribution in [1.82, 2.24) is 0 Å². The summed E-state index contributed by atoms with van der Waals surface area (Å²) in [6, 6.07) is 0. The normalized spacial score (nSPS) is 13.0. The molecular formula is C42H78O8. The molecule has 0 N–H and O–H groups in total. The third kappa shape index (κ3) is 29.6. The molecule has 0 amide bonds. The Labute approximate surface area is 307 Å². The topological polar surface area (TPSA) is 105 Å². The highest BCUT2D eigenvalue weighted by Gasteiger charge is 2.31. The molecule has 0 heterocycles. The number of hydrogen-bond acceptors (Lipinski definition) is 8. The smallest absolute Gasteiger partial charge is 0.347 e. The summed E-state index contributed by atoms with van der Waals surface area (Å²) in [5.41, 5.74) is 0. The van der Waals surface area contributed by atoms with Gasteiger partial charge in [-0.1, -0.05) is 181 Å². The first-order chi connectivity index (χ1) is 24.4. The highest BCUT2D eigenvalue weighted by molar-refractivity contribution is 5.81. The van der Waals surface area contributed by atoms with E-state index in [0.717, 1.165) is 64.2 Å². The average Bonchev–Trinajstić information content (AvgIpc) is 3.11. The van der Waals surface area contributed by atoms with Crippen LogP contribution in [0.1, 0.15) is 214 Å². The van der Waals surface area contributed by atoms with Crippen LogP contribution < -0.4 is 0 Å². The van der Waals surface area contributed by atoms with Crippen LogP contribution in [0.2, 0.25) is 0 Å². The molecule has 0 aliphatic rings. The summed E-state index contributed by atoms with van der Waals surface area (Å²) >= 11 is 0. The van der Waals surface area contributed by atoms with E-state index in [9.17, 15) is 19.2 Å². The molecule has 0 aromatic rings. The van der Waals surface area contributed by atoms with Crippen molar-refractivity contribution in [3.05, 3.63) is 0 Å². The van der Waals surface area contributed by atoms with E-state index in [0.29, 0.717) is 25.9 Å². The van der Waals surface area contributed by atoms with Crippen molar-refractivity contribution >= 4 is 24.4 Å². The Kier molecular flexibility index (Phi) is 35.1. The van der Waals surface area contributed by atoms with Crippen LogP contribution in [0.3, 0.4) is 0 Å². The lowest BCUT2D eigenvalue weighted by Gasteiger charge is -2.24. The van der Waals surface area contributed by atoms with E-state index in [1.54, 1.807) is 0 Å². The minimum Gasteiger partial charge on any atom is -0.464 e. The summed E-state index contributed by atoms with van der Waals surface area (Å²) < 4.78 is 21.2. The summed E-state index contributed by atoms with van der Waals surface area (Å²) in [6.07, 6.45) is 31.5. The minimum atomic E-state index is -1.09. The van der Waals surface area contributed by atoms with Gasteiger partial charge in [0.15, 0.2) is 12.7 Å². The monoisotopic (exact) mass is 711 g/mol. The number of carbonyl (C=O) groups is 4. The fourth-order valence-corrected chi connectivity index (χ4v) is 6.44. The molecule has 3 atom stereocenters. The Balaban J connectivity index is 4.29. The molecule has 0 aliphatic heterocycles. The van der Waals surface area contributed by atoms with Crippen molar-refractivity contribution in [2.24, 2.45) is 5.92 Å². The third-order valence-corrected chi connectivity index (χ3v) is 9.66. The van der Waals surface area contributed by atoms with Gasteiger partial charge in [0.05, 0.1) is 12.5 Å². The molecule has 8 heteroatoms. The van der Waals surface area contributed by atoms with Gasteiger partial charge in [-0.05, 0) is 32.6 Å². The number of hydrogen-bond donors (Lipinski definition) is 0. The molecule has 0 aromatic carbocycles. The van der Waals surface area contributed by atoms with Crippen molar-refractivity contribution in [2.45, 2.75) is 226 Å². The van der Waals surface area contributed by atoms with Crippen LogP contribution in [0.5, 0.6) is 0 Å². The molecule has 0 spiro atoms. The van der Waals surface area contributed by atoms with E-state index in [1.807, 2.05) is 0 Å². The van der Waals surface area contributed by atoms with Gasteiger partial charge in [-0.25, -0.2) is 9.59 Å². The summed E-state index contributed by atoms with van der Waals surface area (Å²) in [4.78, 5) is 49.3. The summed E-state index contributed by atoms with van der Waals surface area (Å²) in [7, 11) is 0. The molecule has 0 aliphatic carbocycles. The second-order valence-corrected chi connectivity index (χ2v) is 14.3. The van der Waals surface area contributed by atoms with Crippen molar-refractivity contribution in [1.29, 1.82) is 0 Å². The molecule has 0 radical (unpaired) electrons. The Morgan fingerprint density at radius 2 is 0.900 bits per heavy atom. The zero-order valence-corrected chi connectivity index (χ0v) is 33.0. The first-order valence-corrected chi connectivity index (χ1v) is 21.0. The van der Waals surface area contributed by atoms with E-state index in [4.69, 9.17) is 18.9 Å². The van der Waals surface area contributed by atoms with Crippen molar-refractivity contribution in [2.75, 3.05) is 13.2 Å². The van der Waals surface area contributed by atoms with Crippen LogP contribution in [-0.4, -0.2) is 49.8 Å². The Morgan fingerprint density at radius 3 is 1.36 bits per heavy atom. The maximum atomic E-state index is 13.1. The molecule has 294 valence electrons. The number of esters is 3. The Bertz CT molecular complexity index is 801. The standard InChI is InChI=1S/C42H78O8/c1-5-8-11-14-16-17-18-19-20-21-22-23-24-26-28-31-34-47-41(45)37(4)50-40(44)35-48-42(46)38(32-29-27-25-15-12-9-6-2)39(49-36-43)33-30-13-10-7-3/h36-39H,5-35H2,1-4H3. The predicted molar refractivity (Wildman–Crippen MR) is 203 cm³/mol. The first-order valence-electron chi connectivity index (χ1n) is 21.0. The maximum Gasteiger partial charge on any atom is 0.347 e. The molecule has 0 aromatic heterocycles. The number of rotatable bonds is 38. The zero-order chi connectivity index (χ0) is 36.9. The zero-order valence-electron chi connectivity index (χ0n) is 33.0. The molecule has 0 fully saturated rings. The fourth-order valence-electron chi connectivity index (χ4n) is 6.44. The fraction of sp³-hybridized carbons (Fsp3) is 0.905. The highest BCUT2D eigenvalue weighted by atomic mass is 16.6. The van der Waals surface area contributed by atoms with Crippen LogP contribution in [0.15, 0.2) is 0 Å². The first kappa shape index (κ1) is 47.9. The maximum absolute atomic E-state index is 13.1. The lowest BCUT2D eigenvalue weighted by molar-refractivity contribution is -0.174. The molecule has 50 heavy (non-hydrogen) atoms. The predicted octanol–water partition coefficient (Wildman–Crippen LogP) is 11.5. The molecule has 0 bridgehead atoms. The van der Waals surface area contributed by atoms with Crippen LogP contribution in [-0.2, 0) is 38.1 Å². The molecule has 8 nitrogen and oxygen atoms in total. The summed E-state index contributed by atoms with van der Waals surface area (Å²) in [5, 5.41) is 0. The minimum absolute atomic E-state index is 0.296. The van der Waals surface area contributed by atoms with Gasteiger partial charge in [0, 0.05) is 0 Å². The number of carbonyl (C=O) groups excluding carboxylic acids is 4. The Morgan fingerprint density at radius 1 is 0.500 bits per heavy atom. The van der Waals surface area contributed by atoms with E-state index in [2.05, 4.69) is 20.8 Å².